The molecule has 2 N–H and O–H groups in total. The average Bonchev–Trinajstić information content (AvgIpc) is 2.56. The van der Waals surface area contributed by atoms with Crippen LogP contribution in [0.3, 0.4) is 0 Å². The summed E-state index contributed by atoms with van der Waals surface area (Å²) < 4.78 is 0. The molecule has 0 aromatic heterocycles. The number of nitrogens with one attached hydrogen (secondary N) is 1. The molecule has 2 heteroatoms. The van der Waals surface area contributed by atoms with Crippen molar-refractivity contribution in [1.82, 2.24) is 5.32 Å². The van der Waals surface area contributed by atoms with Crippen molar-refractivity contribution in [2.45, 2.75) is 43.9 Å². The third-order valence-electron chi connectivity index (χ3n) is 4.38. The van der Waals surface area contributed by atoms with Crippen molar-refractivity contribution in [3.63, 3.8) is 0 Å². The van der Waals surface area contributed by atoms with Crippen LogP contribution in [0.2, 0.25) is 0 Å². The van der Waals surface area contributed by atoms with Gasteiger partial charge in [0.05, 0.1) is 12.1 Å². The smallest absolute Gasteiger partial charge is 0.0693 e. The maximum atomic E-state index is 10.2. The highest BCUT2D eigenvalue weighted by atomic mass is 16.3. The van der Waals surface area contributed by atoms with E-state index < -0.39 is 0 Å². The highest BCUT2D eigenvalue weighted by molar-refractivity contribution is 5.31. The number of hydrogen-bond donors (Lipinski definition) is 2. The molecule has 0 spiro atoms. The van der Waals surface area contributed by atoms with E-state index in [9.17, 15) is 5.11 Å². The Hall–Kier alpha value is -1.64. The van der Waals surface area contributed by atoms with Crippen LogP contribution in [0.1, 0.15) is 42.9 Å². The van der Waals surface area contributed by atoms with Crippen molar-refractivity contribution >= 4 is 0 Å². The number of hydrogen-bond acceptors (Lipinski definition) is 2. The highest BCUT2D eigenvalue weighted by Gasteiger charge is 2.26. The van der Waals surface area contributed by atoms with Gasteiger partial charge in [-0.15, -0.1) is 0 Å². The summed E-state index contributed by atoms with van der Waals surface area (Å²) in [5.74, 6) is 0. The molecule has 0 unspecified atom stereocenters. The fourth-order valence-electron chi connectivity index (χ4n) is 3.20. The maximum absolute atomic E-state index is 10.2. The van der Waals surface area contributed by atoms with Gasteiger partial charge in [-0.25, -0.2) is 0 Å². The van der Waals surface area contributed by atoms with Gasteiger partial charge >= 0.3 is 0 Å². The normalized spacial score (nSPS) is 22.4. The zero-order valence-corrected chi connectivity index (χ0v) is 12.3. The second kappa shape index (κ2) is 6.88. The monoisotopic (exact) mass is 281 g/mol. The van der Waals surface area contributed by atoms with Gasteiger partial charge in [-0.3, -0.25) is 0 Å². The van der Waals surface area contributed by atoms with Crippen LogP contribution in [0, 0.1) is 0 Å². The molecule has 1 aliphatic carbocycles. The van der Waals surface area contributed by atoms with Gasteiger partial charge < -0.3 is 10.4 Å². The Kier molecular flexibility index (Phi) is 4.69. The second-order valence-corrected chi connectivity index (χ2v) is 5.88. The van der Waals surface area contributed by atoms with Gasteiger partial charge in [-0.05, 0) is 24.0 Å². The van der Waals surface area contributed by atoms with Crippen LogP contribution >= 0.6 is 0 Å². The third kappa shape index (κ3) is 3.52. The lowest BCUT2D eigenvalue weighted by molar-refractivity contribution is 0.0872. The van der Waals surface area contributed by atoms with E-state index in [0.29, 0.717) is 0 Å². The summed E-state index contributed by atoms with van der Waals surface area (Å²) in [7, 11) is 0. The van der Waals surface area contributed by atoms with Gasteiger partial charge in [0.1, 0.15) is 0 Å². The highest BCUT2D eigenvalue weighted by Crippen LogP contribution is 2.26. The largest absolute Gasteiger partial charge is 0.392 e. The molecule has 0 aliphatic heterocycles. The minimum atomic E-state index is -0.228. The fourth-order valence-corrected chi connectivity index (χ4v) is 3.20. The van der Waals surface area contributed by atoms with E-state index in [4.69, 9.17) is 0 Å². The first-order valence-electron chi connectivity index (χ1n) is 7.88. The summed E-state index contributed by atoms with van der Waals surface area (Å²) in [6.07, 6.45) is 4.07. The van der Waals surface area contributed by atoms with Crippen LogP contribution in [0.4, 0.5) is 0 Å². The van der Waals surface area contributed by atoms with Gasteiger partial charge in [0.15, 0.2) is 0 Å². The minimum absolute atomic E-state index is 0.144. The van der Waals surface area contributed by atoms with Crippen LogP contribution in [0.5, 0.6) is 0 Å². The zero-order valence-electron chi connectivity index (χ0n) is 12.3. The van der Waals surface area contributed by atoms with Crippen molar-refractivity contribution in [3.05, 3.63) is 71.8 Å². The van der Waals surface area contributed by atoms with E-state index in [1.165, 1.54) is 17.5 Å². The Labute approximate surface area is 126 Å². The Balaban J connectivity index is 1.86. The summed E-state index contributed by atoms with van der Waals surface area (Å²) in [4.78, 5) is 0. The first-order chi connectivity index (χ1) is 10.3. The van der Waals surface area contributed by atoms with Gasteiger partial charge in [0, 0.05) is 6.04 Å². The van der Waals surface area contributed by atoms with Gasteiger partial charge in [0.2, 0.25) is 0 Å². The van der Waals surface area contributed by atoms with Crippen molar-refractivity contribution in [1.29, 1.82) is 0 Å². The predicted molar refractivity (Wildman–Crippen MR) is 86.1 cm³/mol. The van der Waals surface area contributed by atoms with Crippen molar-refractivity contribution < 1.29 is 5.11 Å². The summed E-state index contributed by atoms with van der Waals surface area (Å²) in [6.45, 7) is 0. The molecule has 0 radical (unpaired) electrons. The molecule has 0 bridgehead atoms. The third-order valence-corrected chi connectivity index (χ3v) is 4.38. The van der Waals surface area contributed by atoms with Crippen molar-refractivity contribution in [2.24, 2.45) is 0 Å². The molecule has 1 saturated carbocycles. The van der Waals surface area contributed by atoms with Crippen LogP contribution in [0.25, 0.3) is 0 Å². The first kappa shape index (κ1) is 14.3. The number of aliphatic hydroxyl groups excluding tert-OH is 1. The molecule has 1 aliphatic rings. The predicted octanol–water partition coefficient (Wildman–Crippen LogP) is 3.67. The first-order valence-corrected chi connectivity index (χ1v) is 7.88. The number of aliphatic hydroxyl groups is 1. The molecule has 0 heterocycles. The molecule has 2 nitrogen and oxygen atoms in total. The van der Waals surface area contributed by atoms with Gasteiger partial charge in [-0.1, -0.05) is 73.5 Å². The zero-order chi connectivity index (χ0) is 14.5. The van der Waals surface area contributed by atoms with E-state index in [-0.39, 0.29) is 18.2 Å². The average molecular weight is 281 g/mol. The Morgan fingerprint density at radius 3 is 1.86 bits per heavy atom. The van der Waals surface area contributed by atoms with Gasteiger partial charge in [0.25, 0.3) is 0 Å². The summed E-state index contributed by atoms with van der Waals surface area (Å²) >= 11 is 0. The van der Waals surface area contributed by atoms with Crippen molar-refractivity contribution in [2.75, 3.05) is 0 Å². The van der Waals surface area contributed by atoms with E-state index in [0.717, 1.165) is 19.3 Å². The number of benzene rings is 2. The molecule has 3 rings (SSSR count). The quantitative estimate of drug-likeness (QED) is 0.896. The van der Waals surface area contributed by atoms with Crippen LogP contribution in [-0.4, -0.2) is 17.3 Å². The standard InChI is InChI=1S/C19H23NO/c21-18-14-8-7-13-17(18)20-19(15-9-3-1-4-10-15)16-11-5-2-6-12-16/h1-6,9-12,17-21H,7-8,13-14H2/t17-,18-/m0/s1. The van der Waals surface area contributed by atoms with E-state index in [2.05, 4.69) is 53.8 Å². The number of rotatable bonds is 4. The molecule has 1 fully saturated rings. The molecule has 2 aromatic carbocycles. The molecule has 2 aromatic rings. The summed E-state index contributed by atoms with van der Waals surface area (Å²) in [5, 5.41) is 13.9. The Morgan fingerprint density at radius 1 is 0.810 bits per heavy atom. The summed E-state index contributed by atoms with van der Waals surface area (Å²) in [5.41, 5.74) is 2.50. The Bertz CT molecular complexity index is 501. The van der Waals surface area contributed by atoms with E-state index >= 15 is 0 Å². The van der Waals surface area contributed by atoms with Crippen LogP contribution in [-0.2, 0) is 0 Å². The lowest BCUT2D eigenvalue weighted by Crippen LogP contribution is -2.44. The minimum Gasteiger partial charge on any atom is -0.392 e. The van der Waals surface area contributed by atoms with Crippen LogP contribution in [0.15, 0.2) is 60.7 Å². The lowest BCUT2D eigenvalue weighted by atomic mass is 9.90. The lowest BCUT2D eigenvalue weighted by Gasteiger charge is -2.33. The molecule has 2 atom stereocenters. The fraction of sp³-hybridized carbons (Fsp3) is 0.368. The van der Waals surface area contributed by atoms with Crippen LogP contribution < -0.4 is 5.32 Å². The molecular formula is C19H23NO. The van der Waals surface area contributed by atoms with Crippen molar-refractivity contribution in [3.8, 4) is 0 Å². The molecule has 0 amide bonds. The molecule has 21 heavy (non-hydrogen) atoms. The van der Waals surface area contributed by atoms with Gasteiger partial charge in [-0.2, -0.15) is 0 Å². The maximum Gasteiger partial charge on any atom is 0.0693 e. The van der Waals surface area contributed by atoms with E-state index in [1.54, 1.807) is 0 Å². The SMILES string of the molecule is O[C@H]1CCCC[C@@H]1NC(c1ccccc1)c1ccccc1. The molecule has 110 valence electrons. The van der Waals surface area contributed by atoms with E-state index in [1.807, 2.05) is 12.1 Å². The second-order valence-electron chi connectivity index (χ2n) is 5.88. The topological polar surface area (TPSA) is 32.3 Å². The molecular weight excluding hydrogens is 258 g/mol. The Morgan fingerprint density at radius 2 is 1.33 bits per heavy atom. The molecule has 0 saturated heterocycles. The summed E-state index contributed by atoms with van der Waals surface area (Å²) in [6, 6.07) is 21.3.